The van der Waals surface area contributed by atoms with E-state index >= 15 is 0 Å². The summed E-state index contributed by atoms with van der Waals surface area (Å²) < 4.78 is 30.2. The van der Waals surface area contributed by atoms with Crippen molar-refractivity contribution in [2.45, 2.75) is 0 Å². The van der Waals surface area contributed by atoms with E-state index in [1.165, 1.54) is 13.2 Å². The molecule has 2 nitrogen and oxygen atoms in total. The molecule has 0 amide bonds. The third-order valence-corrected chi connectivity index (χ3v) is 1.59. The van der Waals surface area contributed by atoms with E-state index in [9.17, 15) is 13.6 Å². The Balaban J connectivity index is 2.96. The van der Waals surface area contributed by atoms with Gasteiger partial charge >= 0.3 is 5.97 Å². The lowest BCUT2D eigenvalue weighted by molar-refractivity contribution is -0.134. The molecule has 0 radical (unpaired) electrons. The number of methoxy groups -OCH3 is 1. The van der Waals surface area contributed by atoms with Gasteiger partial charge in [0.2, 0.25) is 0 Å². The summed E-state index contributed by atoms with van der Waals surface area (Å²) in [5, 5.41) is 0. The van der Waals surface area contributed by atoms with Crippen LogP contribution in [0.15, 0.2) is 24.3 Å². The molecule has 0 bridgehead atoms. The molecule has 0 unspecified atom stereocenters. The largest absolute Gasteiger partial charge is 0.466 e. The van der Waals surface area contributed by atoms with E-state index in [-0.39, 0.29) is 5.56 Å². The van der Waals surface area contributed by atoms with Gasteiger partial charge in [-0.05, 0) is 18.2 Å². The van der Waals surface area contributed by atoms with Crippen LogP contribution in [0.3, 0.4) is 0 Å². The second-order valence-electron chi connectivity index (χ2n) is 2.49. The summed E-state index contributed by atoms with van der Waals surface area (Å²) in [7, 11) is 1.18. The molecule has 0 N–H and O–H groups in total. The van der Waals surface area contributed by atoms with Gasteiger partial charge < -0.3 is 4.74 Å². The molecule has 4 heteroatoms. The second-order valence-corrected chi connectivity index (χ2v) is 2.49. The number of halogens is 2. The van der Waals surface area contributed by atoms with E-state index in [1.54, 1.807) is 0 Å². The van der Waals surface area contributed by atoms with Crippen molar-refractivity contribution in [3.63, 3.8) is 0 Å². The molecule has 14 heavy (non-hydrogen) atoms. The van der Waals surface area contributed by atoms with Crippen LogP contribution in [0, 0.1) is 11.6 Å². The van der Waals surface area contributed by atoms with E-state index < -0.39 is 17.6 Å². The summed E-state index contributed by atoms with van der Waals surface area (Å²) in [5.41, 5.74) is -0.252. The fourth-order valence-corrected chi connectivity index (χ4v) is 0.889. The van der Waals surface area contributed by atoms with E-state index in [2.05, 4.69) is 4.74 Å². The number of ether oxygens (including phenoxy) is 1. The van der Waals surface area contributed by atoms with Crippen molar-refractivity contribution < 1.29 is 18.3 Å². The van der Waals surface area contributed by atoms with Gasteiger partial charge in [0.15, 0.2) is 0 Å². The van der Waals surface area contributed by atoms with Gasteiger partial charge in [0, 0.05) is 11.6 Å². The quantitative estimate of drug-likeness (QED) is 0.537. The van der Waals surface area contributed by atoms with Crippen LogP contribution in [-0.2, 0) is 9.53 Å². The van der Waals surface area contributed by atoms with Gasteiger partial charge in [-0.25, -0.2) is 13.6 Å². The van der Waals surface area contributed by atoms with Crippen LogP contribution < -0.4 is 0 Å². The highest BCUT2D eigenvalue weighted by Gasteiger charge is 2.04. The minimum Gasteiger partial charge on any atom is -0.466 e. The van der Waals surface area contributed by atoms with Crippen LogP contribution in [0.1, 0.15) is 5.56 Å². The Morgan fingerprint density at radius 3 is 2.43 bits per heavy atom. The fraction of sp³-hybridized carbons (Fsp3) is 0.100. The maximum atomic E-state index is 13.0. The fourth-order valence-electron chi connectivity index (χ4n) is 0.889. The molecular weight excluding hydrogens is 190 g/mol. The summed E-state index contributed by atoms with van der Waals surface area (Å²) in [6.45, 7) is 0. The van der Waals surface area contributed by atoms with Crippen LogP contribution in [0.25, 0.3) is 6.08 Å². The zero-order valence-corrected chi connectivity index (χ0v) is 7.46. The molecule has 0 aliphatic rings. The lowest BCUT2D eigenvalue weighted by Crippen LogP contribution is -1.94. The third-order valence-electron chi connectivity index (χ3n) is 1.59. The number of hydrogen-bond donors (Lipinski definition) is 0. The second kappa shape index (κ2) is 4.50. The molecule has 0 aromatic heterocycles. The Morgan fingerprint density at radius 2 is 1.93 bits per heavy atom. The van der Waals surface area contributed by atoms with Gasteiger partial charge in [-0.2, -0.15) is 0 Å². The Hall–Kier alpha value is -1.71. The first-order valence-electron chi connectivity index (χ1n) is 3.85. The first kappa shape index (κ1) is 10.4. The Morgan fingerprint density at radius 1 is 1.36 bits per heavy atom. The van der Waals surface area contributed by atoms with Crippen molar-refractivity contribution in [1.82, 2.24) is 0 Å². The number of benzene rings is 1. The van der Waals surface area contributed by atoms with Gasteiger partial charge in [0.1, 0.15) is 11.6 Å². The number of carbonyl (C=O) groups excluding carboxylic acids is 1. The van der Waals surface area contributed by atoms with E-state index in [4.69, 9.17) is 0 Å². The number of rotatable bonds is 2. The number of hydrogen-bond acceptors (Lipinski definition) is 2. The minimum atomic E-state index is -0.717. The van der Waals surface area contributed by atoms with Crippen LogP contribution in [0.5, 0.6) is 0 Å². The lowest BCUT2D eigenvalue weighted by atomic mass is 10.2. The van der Waals surface area contributed by atoms with Crippen molar-refractivity contribution in [1.29, 1.82) is 0 Å². The van der Waals surface area contributed by atoms with E-state index in [1.807, 2.05) is 0 Å². The first-order chi connectivity index (χ1) is 6.65. The molecule has 1 aromatic rings. The summed E-state index contributed by atoms with van der Waals surface area (Å²) >= 11 is 0. The predicted octanol–water partition coefficient (Wildman–Crippen LogP) is 2.15. The summed E-state index contributed by atoms with van der Waals surface area (Å²) in [6.07, 6.45) is 2.00. The topological polar surface area (TPSA) is 26.3 Å². The van der Waals surface area contributed by atoms with Crippen molar-refractivity contribution in [2.75, 3.05) is 7.11 Å². The van der Waals surface area contributed by atoms with Crippen LogP contribution in [0.4, 0.5) is 8.78 Å². The minimum absolute atomic E-state index is 0.252. The van der Waals surface area contributed by atoms with Crippen LogP contribution in [0.2, 0.25) is 0 Å². The molecule has 74 valence electrons. The molecule has 0 fully saturated rings. The smallest absolute Gasteiger partial charge is 0.330 e. The SMILES string of the molecule is COC(=O)C=Cc1c(F)cccc1F. The Bertz CT molecular complexity index is 352. The molecule has 0 aliphatic carbocycles. The standard InChI is InChI=1S/C10H8F2O2/c1-14-10(13)6-5-7-8(11)3-2-4-9(7)12/h2-6H,1H3. The molecule has 0 aliphatic heterocycles. The molecule has 1 aromatic carbocycles. The van der Waals surface area contributed by atoms with Crippen LogP contribution in [-0.4, -0.2) is 13.1 Å². The average Bonchev–Trinajstić information content (AvgIpc) is 2.16. The number of carbonyl (C=O) groups is 1. The summed E-state index contributed by atoms with van der Waals surface area (Å²) in [4.78, 5) is 10.7. The molecular formula is C10H8F2O2. The normalized spacial score (nSPS) is 10.5. The van der Waals surface area contributed by atoms with Crippen molar-refractivity contribution in [2.24, 2.45) is 0 Å². The molecule has 0 heterocycles. The average molecular weight is 198 g/mol. The molecule has 0 saturated carbocycles. The Labute approximate surface area is 79.8 Å². The zero-order valence-electron chi connectivity index (χ0n) is 7.46. The highest BCUT2D eigenvalue weighted by atomic mass is 19.1. The maximum Gasteiger partial charge on any atom is 0.330 e. The molecule has 0 spiro atoms. The molecule has 0 atom stereocenters. The van der Waals surface area contributed by atoms with Gasteiger partial charge in [0.05, 0.1) is 7.11 Å². The van der Waals surface area contributed by atoms with Gasteiger partial charge in [0.25, 0.3) is 0 Å². The lowest BCUT2D eigenvalue weighted by Gasteiger charge is -1.97. The van der Waals surface area contributed by atoms with Crippen molar-refractivity contribution >= 4 is 12.0 Å². The van der Waals surface area contributed by atoms with E-state index in [0.29, 0.717) is 0 Å². The highest BCUT2D eigenvalue weighted by molar-refractivity contribution is 5.86. The Kier molecular flexibility index (Phi) is 3.34. The summed E-state index contributed by atoms with van der Waals surface area (Å²) in [6, 6.07) is 3.47. The summed E-state index contributed by atoms with van der Waals surface area (Å²) in [5.74, 6) is -2.09. The zero-order chi connectivity index (χ0) is 10.6. The van der Waals surface area contributed by atoms with Gasteiger partial charge in [-0.3, -0.25) is 0 Å². The van der Waals surface area contributed by atoms with Crippen LogP contribution >= 0.6 is 0 Å². The number of esters is 1. The molecule has 0 saturated heterocycles. The third kappa shape index (κ3) is 2.39. The monoisotopic (exact) mass is 198 g/mol. The van der Waals surface area contributed by atoms with Gasteiger partial charge in [-0.15, -0.1) is 0 Å². The maximum absolute atomic E-state index is 13.0. The predicted molar refractivity (Wildman–Crippen MR) is 47.4 cm³/mol. The van der Waals surface area contributed by atoms with Crippen molar-refractivity contribution in [3.8, 4) is 0 Å². The van der Waals surface area contributed by atoms with Gasteiger partial charge in [-0.1, -0.05) is 6.07 Å². The molecule has 1 rings (SSSR count). The highest BCUT2D eigenvalue weighted by Crippen LogP contribution is 2.13. The van der Waals surface area contributed by atoms with Crippen molar-refractivity contribution in [3.05, 3.63) is 41.5 Å². The first-order valence-corrected chi connectivity index (χ1v) is 3.85. The van der Waals surface area contributed by atoms with E-state index in [0.717, 1.165) is 24.3 Å².